The number of benzene rings is 2. The van der Waals surface area contributed by atoms with Crippen molar-refractivity contribution < 1.29 is 29.0 Å². The second kappa shape index (κ2) is 10.7. The van der Waals surface area contributed by atoms with Crippen molar-refractivity contribution in [2.45, 2.75) is 43.7 Å². The number of alkyl carbamates (subject to hydrolysis) is 1. The lowest BCUT2D eigenvalue weighted by Gasteiger charge is -2.24. The summed E-state index contributed by atoms with van der Waals surface area (Å²) < 4.78 is 10.7. The molecular formula is C26H30N2O6. The summed E-state index contributed by atoms with van der Waals surface area (Å²) in [6.07, 6.45) is 1.64. The summed E-state index contributed by atoms with van der Waals surface area (Å²) in [5.41, 5.74) is 4.48. The lowest BCUT2D eigenvalue weighted by molar-refractivity contribution is -0.138. The van der Waals surface area contributed by atoms with Crippen LogP contribution in [0.15, 0.2) is 48.5 Å². The van der Waals surface area contributed by atoms with Crippen LogP contribution in [0, 0.1) is 5.92 Å². The van der Waals surface area contributed by atoms with E-state index in [4.69, 9.17) is 14.6 Å². The van der Waals surface area contributed by atoms with Crippen LogP contribution in [0.4, 0.5) is 4.79 Å². The number of carbonyl (C=O) groups is 3. The Morgan fingerprint density at radius 3 is 2.29 bits per heavy atom. The molecule has 8 heteroatoms. The molecule has 2 aliphatic rings. The molecule has 180 valence electrons. The molecule has 1 saturated carbocycles. The molecule has 2 aromatic rings. The lowest BCUT2D eigenvalue weighted by atomic mass is 9.98. The first-order valence-electron chi connectivity index (χ1n) is 11.6. The number of hydrogen-bond donors (Lipinski definition) is 3. The second-order valence-corrected chi connectivity index (χ2v) is 8.88. The van der Waals surface area contributed by atoms with E-state index in [9.17, 15) is 14.4 Å². The predicted molar refractivity (Wildman–Crippen MR) is 125 cm³/mol. The maximum atomic E-state index is 12.8. The summed E-state index contributed by atoms with van der Waals surface area (Å²) in [5.74, 6) is -1.48. The molecule has 0 spiro atoms. The summed E-state index contributed by atoms with van der Waals surface area (Å²) in [4.78, 5) is 36.5. The van der Waals surface area contributed by atoms with Crippen LogP contribution < -0.4 is 10.6 Å². The lowest BCUT2D eigenvalue weighted by Crippen LogP contribution is -2.52. The molecule has 2 aliphatic carbocycles. The molecule has 0 heterocycles. The Balaban J connectivity index is 1.36. The Morgan fingerprint density at radius 2 is 1.68 bits per heavy atom. The first-order chi connectivity index (χ1) is 16.5. The first-order valence-corrected chi connectivity index (χ1v) is 11.6. The van der Waals surface area contributed by atoms with Crippen LogP contribution in [0.5, 0.6) is 0 Å². The third-order valence-electron chi connectivity index (χ3n) is 6.71. The Hall–Kier alpha value is -3.39. The Bertz CT molecular complexity index is 1010. The van der Waals surface area contributed by atoms with Gasteiger partial charge in [-0.25, -0.2) is 4.79 Å². The molecule has 2 amide bonds. The molecule has 0 aromatic heterocycles. The maximum Gasteiger partial charge on any atom is 0.407 e. The largest absolute Gasteiger partial charge is 0.481 e. The number of nitrogens with one attached hydrogen (secondary N) is 2. The molecule has 2 unspecified atom stereocenters. The molecule has 0 radical (unpaired) electrons. The highest BCUT2D eigenvalue weighted by atomic mass is 16.5. The van der Waals surface area contributed by atoms with E-state index in [1.165, 1.54) is 7.11 Å². The first kappa shape index (κ1) is 23.8. The summed E-state index contributed by atoms with van der Waals surface area (Å²) in [5, 5.41) is 14.6. The topological polar surface area (TPSA) is 114 Å². The zero-order chi connectivity index (χ0) is 24.1. The highest BCUT2D eigenvalue weighted by Crippen LogP contribution is 2.44. The van der Waals surface area contributed by atoms with Crippen molar-refractivity contribution in [1.29, 1.82) is 0 Å². The molecule has 1 fully saturated rings. The Kier molecular flexibility index (Phi) is 7.47. The Morgan fingerprint density at radius 1 is 1.03 bits per heavy atom. The third kappa shape index (κ3) is 5.22. The van der Waals surface area contributed by atoms with Gasteiger partial charge in [-0.1, -0.05) is 55.0 Å². The van der Waals surface area contributed by atoms with Crippen LogP contribution in [-0.2, 0) is 19.1 Å². The fraction of sp³-hybridized carbons (Fsp3) is 0.423. The van der Waals surface area contributed by atoms with E-state index in [-0.39, 0.29) is 37.5 Å². The molecule has 8 nitrogen and oxygen atoms in total. The summed E-state index contributed by atoms with van der Waals surface area (Å²) in [7, 11) is 1.45. The van der Waals surface area contributed by atoms with E-state index in [2.05, 4.69) is 22.8 Å². The monoisotopic (exact) mass is 466 g/mol. The zero-order valence-corrected chi connectivity index (χ0v) is 19.2. The van der Waals surface area contributed by atoms with E-state index in [1.54, 1.807) is 0 Å². The average Bonchev–Trinajstić information content (AvgIpc) is 3.38. The van der Waals surface area contributed by atoms with Gasteiger partial charge < -0.3 is 25.2 Å². The number of carboxylic acid groups (broad SMARTS) is 1. The van der Waals surface area contributed by atoms with Crippen molar-refractivity contribution in [3.63, 3.8) is 0 Å². The van der Waals surface area contributed by atoms with Gasteiger partial charge in [0.25, 0.3) is 0 Å². The number of rotatable bonds is 9. The van der Waals surface area contributed by atoms with Gasteiger partial charge in [-0.05, 0) is 41.0 Å². The van der Waals surface area contributed by atoms with Crippen LogP contribution in [0.1, 0.15) is 42.7 Å². The Labute approximate surface area is 198 Å². The number of fused-ring (bicyclic) bond motifs is 3. The van der Waals surface area contributed by atoms with Crippen LogP contribution in [0.2, 0.25) is 0 Å². The minimum absolute atomic E-state index is 0.0136. The minimum Gasteiger partial charge on any atom is -0.481 e. The second-order valence-electron chi connectivity index (χ2n) is 8.88. The van der Waals surface area contributed by atoms with Crippen molar-refractivity contribution in [1.82, 2.24) is 10.6 Å². The number of carbonyl (C=O) groups excluding carboxylic acids is 2. The van der Waals surface area contributed by atoms with Crippen molar-refractivity contribution in [3.8, 4) is 11.1 Å². The van der Waals surface area contributed by atoms with E-state index in [0.717, 1.165) is 35.1 Å². The van der Waals surface area contributed by atoms with Gasteiger partial charge >= 0.3 is 12.1 Å². The molecule has 0 saturated heterocycles. The van der Waals surface area contributed by atoms with Gasteiger partial charge in [0.2, 0.25) is 5.91 Å². The molecule has 4 rings (SSSR count). The summed E-state index contributed by atoms with van der Waals surface area (Å²) in [6.45, 7) is 0.122. The highest BCUT2D eigenvalue weighted by Gasteiger charge is 2.33. The fourth-order valence-electron chi connectivity index (χ4n) is 5.11. The maximum absolute atomic E-state index is 12.8. The molecule has 3 atom stereocenters. The van der Waals surface area contributed by atoms with Crippen LogP contribution in [0.3, 0.4) is 0 Å². The van der Waals surface area contributed by atoms with Gasteiger partial charge in [-0.15, -0.1) is 0 Å². The van der Waals surface area contributed by atoms with Gasteiger partial charge in [0, 0.05) is 19.1 Å². The summed E-state index contributed by atoms with van der Waals surface area (Å²) in [6, 6.07) is 15.0. The number of aliphatic carboxylic acids is 1. The average molecular weight is 467 g/mol. The van der Waals surface area contributed by atoms with E-state index in [1.807, 2.05) is 36.4 Å². The molecular weight excluding hydrogens is 436 g/mol. The number of methoxy groups -OCH3 is 1. The standard InChI is InChI=1S/C26H30N2O6/c1-33-15-23(25(31)27-22-12-6-7-16(22)13-24(29)30)28-26(32)34-14-21-19-10-4-2-8-17(19)18-9-3-5-11-20(18)21/h2-5,8-11,16,21-23H,6-7,12-15H2,1H3,(H,27,31)(H,28,32)(H,29,30)/t16?,22?,23-/m0/s1. The predicted octanol–water partition coefficient (Wildman–Crippen LogP) is 3.30. The fourth-order valence-corrected chi connectivity index (χ4v) is 5.11. The van der Waals surface area contributed by atoms with Gasteiger partial charge in [-0.3, -0.25) is 9.59 Å². The van der Waals surface area contributed by atoms with E-state index < -0.39 is 24.0 Å². The van der Waals surface area contributed by atoms with Crippen LogP contribution in [0.25, 0.3) is 11.1 Å². The van der Waals surface area contributed by atoms with Crippen molar-refractivity contribution in [2.24, 2.45) is 5.92 Å². The van der Waals surface area contributed by atoms with E-state index in [0.29, 0.717) is 6.42 Å². The minimum atomic E-state index is -0.938. The normalized spacial score (nSPS) is 19.7. The summed E-state index contributed by atoms with van der Waals surface area (Å²) >= 11 is 0. The van der Waals surface area contributed by atoms with Gasteiger partial charge in [-0.2, -0.15) is 0 Å². The van der Waals surface area contributed by atoms with Crippen molar-refractivity contribution in [2.75, 3.05) is 20.3 Å². The van der Waals surface area contributed by atoms with Crippen LogP contribution >= 0.6 is 0 Å². The molecule has 2 aromatic carbocycles. The number of carboxylic acids is 1. The van der Waals surface area contributed by atoms with Crippen LogP contribution in [-0.4, -0.2) is 55.5 Å². The highest BCUT2D eigenvalue weighted by molar-refractivity contribution is 5.86. The van der Waals surface area contributed by atoms with Gasteiger partial charge in [0.15, 0.2) is 0 Å². The number of hydrogen-bond acceptors (Lipinski definition) is 5. The third-order valence-corrected chi connectivity index (χ3v) is 6.71. The molecule has 0 aliphatic heterocycles. The molecule has 3 N–H and O–H groups in total. The van der Waals surface area contributed by atoms with Crippen molar-refractivity contribution >= 4 is 18.0 Å². The smallest absolute Gasteiger partial charge is 0.407 e. The van der Waals surface area contributed by atoms with E-state index >= 15 is 0 Å². The van der Waals surface area contributed by atoms with Gasteiger partial charge in [0.1, 0.15) is 12.6 Å². The molecule has 34 heavy (non-hydrogen) atoms. The molecule has 0 bridgehead atoms. The number of ether oxygens (including phenoxy) is 2. The SMILES string of the molecule is COC[C@H](NC(=O)OCC1c2ccccc2-c2ccccc21)C(=O)NC1CCCC1CC(=O)O. The zero-order valence-electron chi connectivity index (χ0n) is 19.2. The quantitative estimate of drug-likeness (QED) is 0.523. The number of amides is 2. The van der Waals surface area contributed by atoms with Crippen molar-refractivity contribution in [3.05, 3.63) is 59.7 Å². The van der Waals surface area contributed by atoms with Gasteiger partial charge in [0.05, 0.1) is 13.0 Å².